The highest BCUT2D eigenvalue weighted by molar-refractivity contribution is 7.12. The lowest BCUT2D eigenvalue weighted by Crippen LogP contribution is -1.87. The van der Waals surface area contributed by atoms with Crippen molar-refractivity contribution in [2.24, 2.45) is 0 Å². The molecule has 2 aromatic heterocycles. The summed E-state index contributed by atoms with van der Waals surface area (Å²) in [6.07, 6.45) is 1.71. The quantitative estimate of drug-likeness (QED) is 0.673. The summed E-state index contributed by atoms with van der Waals surface area (Å²) in [6, 6.07) is 1.97. The third kappa shape index (κ3) is 1.08. The molecule has 0 aliphatic rings. The SMILES string of the molecule is CC(C)c1nsc2nnccc12. The van der Waals surface area contributed by atoms with E-state index < -0.39 is 0 Å². The Morgan fingerprint density at radius 1 is 1.42 bits per heavy atom. The molecule has 0 atom stereocenters. The van der Waals surface area contributed by atoms with Gasteiger partial charge < -0.3 is 0 Å². The summed E-state index contributed by atoms with van der Waals surface area (Å²) in [7, 11) is 0. The second kappa shape index (κ2) is 2.79. The Labute approximate surface area is 74.6 Å². The van der Waals surface area contributed by atoms with Crippen LogP contribution in [0.4, 0.5) is 0 Å². The van der Waals surface area contributed by atoms with E-state index in [2.05, 4.69) is 28.4 Å². The third-order valence-electron chi connectivity index (χ3n) is 1.74. The highest BCUT2D eigenvalue weighted by Gasteiger charge is 2.09. The van der Waals surface area contributed by atoms with Gasteiger partial charge in [-0.1, -0.05) is 13.8 Å². The van der Waals surface area contributed by atoms with E-state index in [0.717, 1.165) is 15.9 Å². The molecule has 0 aromatic carbocycles. The highest BCUT2D eigenvalue weighted by atomic mass is 32.1. The van der Waals surface area contributed by atoms with Gasteiger partial charge in [-0.25, -0.2) is 0 Å². The Morgan fingerprint density at radius 3 is 3.00 bits per heavy atom. The van der Waals surface area contributed by atoms with Gasteiger partial charge in [-0.15, -0.1) is 5.10 Å². The van der Waals surface area contributed by atoms with Gasteiger partial charge in [0.25, 0.3) is 0 Å². The van der Waals surface area contributed by atoms with Crippen LogP contribution in [0.5, 0.6) is 0 Å². The molecular weight excluding hydrogens is 170 g/mol. The van der Waals surface area contributed by atoms with Gasteiger partial charge in [-0.05, 0) is 23.5 Å². The van der Waals surface area contributed by atoms with Crippen LogP contribution in [0.1, 0.15) is 25.5 Å². The first-order valence-corrected chi connectivity index (χ1v) is 4.63. The van der Waals surface area contributed by atoms with Crippen molar-refractivity contribution in [3.8, 4) is 0 Å². The fourth-order valence-corrected chi connectivity index (χ4v) is 1.99. The summed E-state index contributed by atoms with van der Waals surface area (Å²) in [5, 5.41) is 8.94. The molecule has 0 saturated heterocycles. The minimum atomic E-state index is 0.461. The first-order valence-electron chi connectivity index (χ1n) is 3.86. The Hall–Kier alpha value is -1.03. The molecule has 0 radical (unpaired) electrons. The average Bonchev–Trinajstić information content (AvgIpc) is 2.47. The van der Waals surface area contributed by atoms with E-state index in [1.165, 1.54) is 11.5 Å². The zero-order valence-electron chi connectivity index (χ0n) is 6.98. The van der Waals surface area contributed by atoms with Crippen molar-refractivity contribution in [3.05, 3.63) is 18.0 Å². The van der Waals surface area contributed by atoms with Crippen LogP contribution in [0.2, 0.25) is 0 Å². The Bertz CT molecular complexity index is 394. The lowest BCUT2D eigenvalue weighted by Gasteiger charge is -1.98. The fourth-order valence-electron chi connectivity index (χ4n) is 1.14. The lowest BCUT2D eigenvalue weighted by atomic mass is 10.1. The number of nitrogens with zero attached hydrogens (tertiary/aromatic N) is 3. The molecule has 4 heteroatoms. The largest absolute Gasteiger partial charge is 0.195 e. The molecule has 0 bridgehead atoms. The van der Waals surface area contributed by atoms with Crippen LogP contribution in [0.15, 0.2) is 12.3 Å². The second-order valence-electron chi connectivity index (χ2n) is 2.97. The fraction of sp³-hybridized carbons (Fsp3) is 0.375. The van der Waals surface area contributed by atoms with Gasteiger partial charge in [0, 0.05) is 5.39 Å². The van der Waals surface area contributed by atoms with E-state index in [4.69, 9.17) is 0 Å². The Balaban J connectivity index is 2.70. The zero-order valence-corrected chi connectivity index (χ0v) is 7.80. The molecule has 0 amide bonds. The smallest absolute Gasteiger partial charge is 0.166 e. The first-order chi connectivity index (χ1) is 5.79. The van der Waals surface area contributed by atoms with Crippen molar-refractivity contribution in [2.75, 3.05) is 0 Å². The third-order valence-corrected chi connectivity index (χ3v) is 2.50. The summed E-state index contributed by atoms with van der Waals surface area (Å²) in [4.78, 5) is 0.932. The molecule has 12 heavy (non-hydrogen) atoms. The molecule has 2 rings (SSSR count). The number of fused-ring (bicyclic) bond motifs is 1. The molecule has 0 fully saturated rings. The van der Waals surface area contributed by atoms with Gasteiger partial charge >= 0.3 is 0 Å². The average molecular weight is 179 g/mol. The predicted molar refractivity (Wildman–Crippen MR) is 49.3 cm³/mol. The maximum Gasteiger partial charge on any atom is 0.166 e. The van der Waals surface area contributed by atoms with E-state index in [-0.39, 0.29) is 0 Å². The van der Waals surface area contributed by atoms with Crippen molar-refractivity contribution >= 4 is 21.7 Å². The number of hydrogen-bond acceptors (Lipinski definition) is 4. The van der Waals surface area contributed by atoms with Crippen molar-refractivity contribution in [1.29, 1.82) is 0 Å². The van der Waals surface area contributed by atoms with Gasteiger partial charge in [0.05, 0.1) is 11.9 Å². The van der Waals surface area contributed by atoms with Crippen LogP contribution in [0, 0.1) is 0 Å². The molecule has 0 saturated carbocycles. The molecule has 0 unspecified atom stereocenters. The highest BCUT2D eigenvalue weighted by Crippen LogP contribution is 2.25. The maximum atomic E-state index is 4.33. The normalized spacial score (nSPS) is 11.2. The van der Waals surface area contributed by atoms with Crippen LogP contribution in [-0.2, 0) is 0 Å². The summed E-state index contributed by atoms with van der Waals surface area (Å²) in [6.45, 7) is 4.27. The summed E-state index contributed by atoms with van der Waals surface area (Å²) < 4.78 is 4.33. The second-order valence-corrected chi connectivity index (χ2v) is 3.72. The molecule has 0 spiro atoms. The van der Waals surface area contributed by atoms with Crippen molar-refractivity contribution in [2.45, 2.75) is 19.8 Å². The van der Waals surface area contributed by atoms with Crippen LogP contribution in [-0.4, -0.2) is 14.6 Å². The predicted octanol–water partition coefficient (Wildman–Crippen LogP) is 2.21. The summed E-state index contributed by atoms with van der Waals surface area (Å²) in [5.74, 6) is 0.461. The standard InChI is InChI=1S/C8H9N3S/c1-5(2)7-6-3-4-9-10-8(6)12-11-7/h3-5H,1-2H3. The van der Waals surface area contributed by atoms with E-state index in [1.54, 1.807) is 6.20 Å². The zero-order chi connectivity index (χ0) is 8.55. The maximum absolute atomic E-state index is 4.33. The molecule has 0 aliphatic heterocycles. The van der Waals surface area contributed by atoms with Crippen molar-refractivity contribution in [3.63, 3.8) is 0 Å². The summed E-state index contributed by atoms with van der Waals surface area (Å²) >= 11 is 1.42. The van der Waals surface area contributed by atoms with Crippen molar-refractivity contribution < 1.29 is 0 Å². The first kappa shape index (κ1) is 7.61. The van der Waals surface area contributed by atoms with E-state index >= 15 is 0 Å². The monoisotopic (exact) mass is 179 g/mol. The lowest BCUT2D eigenvalue weighted by molar-refractivity contribution is 0.849. The van der Waals surface area contributed by atoms with E-state index in [0.29, 0.717) is 5.92 Å². The Kier molecular flexibility index (Phi) is 1.77. The molecular formula is C8H9N3S. The van der Waals surface area contributed by atoms with Gasteiger partial charge in [0.15, 0.2) is 4.83 Å². The Morgan fingerprint density at radius 2 is 2.25 bits per heavy atom. The topological polar surface area (TPSA) is 38.7 Å². The number of aromatic nitrogens is 3. The van der Waals surface area contributed by atoms with Gasteiger partial charge in [0.2, 0.25) is 0 Å². The van der Waals surface area contributed by atoms with Gasteiger partial charge in [-0.3, -0.25) is 0 Å². The van der Waals surface area contributed by atoms with E-state index in [1.807, 2.05) is 6.07 Å². The number of rotatable bonds is 1. The van der Waals surface area contributed by atoms with Crippen LogP contribution in [0.25, 0.3) is 10.2 Å². The molecule has 62 valence electrons. The van der Waals surface area contributed by atoms with Crippen LogP contribution in [0.3, 0.4) is 0 Å². The molecule has 0 aliphatic carbocycles. The molecule has 2 aromatic rings. The minimum absolute atomic E-state index is 0.461. The van der Waals surface area contributed by atoms with Crippen molar-refractivity contribution in [1.82, 2.24) is 14.6 Å². The van der Waals surface area contributed by atoms with E-state index in [9.17, 15) is 0 Å². The molecule has 2 heterocycles. The molecule has 0 N–H and O–H groups in total. The van der Waals surface area contributed by atoms with Gasteiger partial charge in [-0.2, -0.15) is 9.47 Å². The summed E-state index contributed by atoms with van der Waals surface area (Å²) in [5.41, 5.74) is 1.13. The minimum Gasteiger partial charge on any atom is -0.195 e. The van der Waals surface area contributed by atoms with Crippen LogP contribution < -0.4 is 0 Å². The van der Waals surface area contributed by atoms with Crippen LogP contribution >= 0.6 is 11.5 Å². The molecule has 3 nitrogen and oxygen atoms in total. The van der Waals surface area contributed by atoms with Gasteiger partial charge in [0.1, 0.15) is 0 Å². The number of hydrogen-bond donors (Lipinski definition) is 0.